The normalized spacial score (nSPS) is 12.4. The molecule has 1 rings (SSSR count). The third-order valence-corrected chi connectivity index (χ3v) is 5.37. The number of hydrogen-bond donors (Lipinski definition) is 1. The van der Waals surface area contributed by atoms with Crippen LogP contribution in [0.5, 0.6) is 5.75 Å². The highest BCUT2D eigenvalue weighted by Crippen LogP contribution is 2.27. The van der Waals surface area contributed by atoms with Gasteiger partial charge in [-0.3, -0.25) is 0 Å². The molecule has 0 fully saturated rings. The molecule has 0 amide bonds. The Morgan fingerprint density at radius 3 is 2.19 bits per heavy atom. The third-order valence-electron chi connectivity index (χ3n) is 3.66. The molecule has 0 aliphatic rings. The second-order valence-corrected chi connectivity index (χ2v) is 7.97. The fourth-order valence-corrected chi connectivity index (χ4v) is 3.77. The second kappa shape index (κ2) is 7.47. The van der Waals surface area contributed by atoms with E-state index in [4.69, 9.17) is 16.3 Å². The largest absolute Gasteiger partial charge is 0.495 e. The van der Waals surface area contributed by atoms with Crippen molar-refractivity contribution in [2.24, 2.45) is 17.8 Å². The van der Waals surface area contributed by atoms with Crippen LogP contribution < -0.4 is 9.46 Å². The fourth-order valence-electron chi connectivity index (χ4n) is 2.34. The van der Waals surface area contributed by atoms with E-state index in [-0.39, 0.29) is 15.8 Å². The zero-order valence-electron chi connectivity index (χ0n) is 13.2. The summed E-state index contributed by atoms with van der Waals surface area (Å²) in [6.07, 6.45) is 0. The molecular formula is C15H24ClNO3S. The fraction of sp³-hybridized carbons (Fsp3) is 0.600. The molecular weight excluding hydrogens is 310 g/mol. The van der Waals surface area contributed by atoms with Crippen LogP contribution in [-0.4, -0.2) is 22.1 Å². The Hall–Kier alpha value is -0.780. The number of benzene rings is 1. The van der Waals surface area contributed by atoms with Gasteiger partial charge in [0.05, 0.1) is 17.0 Å². The first-order chi connectivity index (χ1) is 9.69. The van der Waals surface area contributed by atoms with Crippen LogP contribution in [0.4, 0.5) is 0 Å². The summed E-state index contributed by atoms with van der Waals surface area (Å²) in [5.74, 6) is 1.56. The van der Waals surface area contributed by atoms with Crippen LogP contribution in [0, 0.1) is 17.8 Å². The van der Waals surface area contributed by atoms with E-state index in [1.165, 1.54) is 19.2 Å². The average Bonchev–Trinajstić information content (AvgIpc) is 2.37. The minimum atomic E-state index is -3.56. The third kappa shape index (κ3) is 4.87. The molecule has 1 N–H and O–H groups in total. The summed E-state index contributed by atoms with van der Waals surface area (Å²) in [7, 11) is -2.07. The van der Waals surface area contributed by atoms with Gasteiger partial charge in [0.1, 0.15) is 5.75 Å². The standard InChI is InChI=1S/C15H24ClNO3S/c1-10(2)13(11(3)4)9-17-21(18,19)12-6-7-15(20-5)14(16)8-12/h6-8,10-11,13,17H,9H2,1-5H3. The molecule has 0 atom stereocenters. The van der Waals surface area contributed by atoms with Crippen LogP contribution in [0.25, 0.3) is 0 Å². The van der Waals surface area contributed by atoms with Crippen LogP contribution in [0.15, 0.2) is 23.1 Å². The summed E-state index contributed by atoms with van der Waals surface area (Å²) >= 11 is 5.98. The molecule has 0 aliphatic heterocycles. The van der Waals surface area contributed by atoms with Crippen LogP contribution in [-0.2, 0) is 10.0 Å². The Morgan fingerprint density at radius 1 is 1.19 bits per heavy atom. The quantitative estimate of drug-likeness (QED) is 0.830. The highest BCUT2D eigenvalue weighted by atomic mass is 35.5. The maximum absolute atomic E-state index is 12.3. The van der Waals surface area contributed by atoms with E-state index in [0.29, 0.717) is 24.1 Å². The van der Waals surface area contributed by atoms with E-state index in [0.717, 1.165) is 0 Å². The number of methoxy groups -OCH3 is 1. The van der Waals surface area contributed by atoms with Crippen molar-refractivity contribution in [1.29, 1.82) is 0 Å². The first-order valence-electron chi connectivity index (χ1n) is 7.02. The summed E-state index contributed by atoms with van der Waals surface area (Å²) in [6, 6.07) is 4.45. The Balaban J connectivity index is 2.89. The number of hydrogen-bond acceptors (Lipinski definition) is 3. The SMILES string of the molecule is COc1ccc(S(=O)(=O)NCC(C(C)C)C(C)C)cc1Cl. The minimum absolute atomic E-state index is 0.152. The number of sulfonamides is 1. The topological polar surface area (TPSA) is 55.4 Å². The molecule has 1 aromatic rings. The zero-order valence-corrected chi connectivity index (χ0v) is 14.8. The number of rotatable bonds is 7. The second-order valence-electron chi connectivity index (χ2n) is 5.80. The van der Waals surface area contributed by atoms with Gasteiger partial charge < -0.3 is 4.74 Å². The Bertz CT molecular complexity index is 562. The van der Waals surface area contributed by atoms with Crippen molar-refractivity contribution >= 4 is 21.6 Å². The molecule has 0 saturated carbocycles. The number of halogens is 1. The van der Waals surface area contributed by atoms with Gasteiger partial charge in [0.2, 0.25) is 10.0 Å². The van der Waals surface area contributed by atoms with Crippen molar-refractivity contribution in [3.8, 4) is 5.75 Å². The minimum Gasteiger partial charge on any atom is -0.495 e. The lowest BCUT2D eigenvalue weighted by molar-refractivity contribution is 0.289. The van der Waals surface area contributed by atoms with Gasteiger partial charge in [-0.25, -0.2) is 13.1 Å². The molecule has 0 unspecified atom stereocenters. The highest BCUT2D eigenvalue weighted by Gasteiger charge is 2.22. The van der Waals surface area contributed by atoms with Gasteiger partial charge in [-0.1, -0.05) is 39.3 Å². The zero-order chi connectivity index (χ0) is 16.2. The highest BCUT2D eigenvalue weighted by molar-refractivity contribution is 7.89. The molecule has 120 valence electrons. The smallest absolute Gasteiger partial charge is 0.240 e. The van der Waals surface area contributed by atoms with Gasteiger partial charge in [-0.15, -0.1) is 0 Å². The molecule has 4 nitrogen and oxygen atoms in total. The lowest BCUT2D eigenvalue weighted by atomic mass is 9.86. The molecule has 0 radical (unpaired) electrons. The predicted molar refractivity (Wildman–Crippen MR) is 86.4 cm³/mol. The average molecular weight is 334 g/mol. The Labute approximate surface area is 132 Å². The van der Waals surface area contributed by atoms with Crippen molar-refractivity contribution < 1.29 is 13.2 Å². The molecule has 0 heterocycles. The van der Waals surface area contributed by atoms with Crippen molar-refractivity contribution in [2.75, 3.05) is 13.7 Å². The summed E-state index contributed by atoms with van der Waals surface area (Å²) in [5, 5.41) is 0.282. The summed E-state index contributed by atoms with van der Waals surface area (Å²) in [6.45, 7) is 8.82. The van der Waals surface area contributed by atoms with Crippen molar-refractivity contribution in [1.82, 2.24) is 4.72 Å². The van der Waals surface area contributed by atoms with Gasteiger partial charge in [0.25, 0.3) is 0 Å². The summed E-state index contributed by atoms with van der Waals surface area (Å²) < 4.78 is 32.3. The van der Waals surface area contributed by atoms with E-state index in [1.807, 2.05) is 0 Å². The lowest BCUT2D eigenvalue weighted by Crippen LogP contribution is -2.33. The van der Waals surface area contributed by atoms with Crippen molar-refractivity contribution in [3.05, 3.63) is 23.2 Å². The van der Waals surface area contributed by atoms with E-state index in [1.54, 1.807) is 6.07 Å². The monoisotopic (exact) mass is 333 g/mol. The van der Waals surface area contributed by atoms with Gasteiger partial charge >= 0.3 is 0 Å². The maximum Gasteiger partial charge on any atom is 0.240 e. The van der Waals surface area contributed by atoms with Gasteiger partial charge in [-0.05, 0) is 36.0 Å². The van der Waals surface area contributed by atoms with Gasteiger partial charge in [0.15, 0.2) is 0 Å². The maximum atomic E-state index is 12.3. The molecule has 0 spiro atoms. The van der Waals surface area contributed by atoms with Crippen LogP contribution in [0.1, 0.15) is 27.7 Å². The van der Waals surface area contributed by atoms with E-state index in [9.17, 15) is 8.42 Å². The van der Waals surface area contributed by atoms with Crippen LogP contribution in [0.3, 0.4) is 0 Å². The molecule has 1 aromatic carbocycles. The number of ether oxygens (including phenoxy) is 1. The molecule has 0 bridgehead atoms. The van der Waals surface area contributed by atoms with Gasteiger partial charge in [0, 0.05) is 6.54 Å². The first kappa shape index (κ1) is 18.3. The molecule has 0 aromatic heterocycles. The van der Waals surface area contributed by atoms with E-state index in [2.05, 4.69) is 32.4 Å². The predicted octanol–water partition coefficient (Wildman–Crippen LogP) is 3.56. The summed E-state index contributed by atoms with van der Waals surface area (Å²) in [4.78, 5) is 0.152. The molecule has 0 saturated heterocycles. The number of nitrogens with one attached hydrogen (secondary N) is 1. The lowest BCUT2D eigenvalue weighted by Gasteiger charge is -2.25. The summed E-state index contributed by atoms with van der Waals surface area (Å²) in [5.41, 5.74) is 0. The molecule has 0 aliphatic carbocycles. The molecule has 6 heteroatoms. The van der Waals surface area contributed by atoms with E-state index < -0.39 is 10.0 Å². The van der Waals surface area contributed by atoms with Crippen molar-refractivity contribution in [3.63, 3.8) is 0 Å². The van der Waals surface area contributed by atoms with E-state index >= 15 is 0 Å². The van der Waals surface area contributed by atoms with Gasteiger partial charge in [-0.2, -0.15) is 0 Å². The molecule has 21 heavy (non-hydrogen) atoms. The first-order valence-corrected chi connectivity index (χ1v) is 8.88. The Kier molecular flexibility index (Phi) is 6.50. The van der Waals surface area contributed by atoms with Crippen LogP contribution in [0.2, 0.25) is 5.02 Å². The van der Waals surface area contributed by atoms with Crippen LogP contribution >= 0.6 is 11.6 Å². The van der Waals surface area contributed by atoms with Crippen molar-refractivity contribution in [2.45, 2.75) is 32.6 Å². The Morgan fingerprint density at radius 2 is 1.76 bits per heavy atom.